The minimum absolute atomic E-state index is 0.0350. The molecule has 1 heterocycles. The van der Waals surface area contributed by atoms with Gasteiger partial charge >= 0.3 is 0 Å². The van der Waals surface area contributed by atoms with Gasteiger partial charge in [-0.15, -0.1) is 0 Å². The lowest BCUT2D eigenvalue weighted by atomic mass is 9.89. The molecule has 1 aliphatic rings. The predicted octanol–water partition coefficient (Wildman–Crippen LogP) is 4.96. The zero-order valence-corrected chi connectivity index (χ0v) is 27.7. The number of halogens is 2. The summed E-state index contributed by atoms with van der Waals surface area (Å²) in [5, 5.41) is 0.357. The van der Waals surface area contributed by atoms with Crippen molar-refractivity contribution < 1.29 is 35.4 Å². The van der Waals surface area contributed by atoms with E-state index in [-0.39, 0.29) is 34.7 Å². The number of hydrogen-bond donors (Lipinski definition) is 1. The zero-order valence-electron chi connectivity index (χ0n) is 25.3. The Hall–Kier alpha value is -2.78. The first kappa shape index (κ1) is 35.1. The molecule has 1 fully saturated rings. The normalized spacial score (nSPS) is 14.6. The van der Waals surface area contributed by atoms with Gasteiger partial charge in [0.25, 0.3) is 10.0 Å². The fourth-order valence-electron chi connectivity index (χ4n) is 5.05. The number of nitrogens with zero attached hydrogens (tertiary/aromatic N) is 2. The van der Waals surface area contributed by atoms with Crippen molar-refractivity contribution >= 4 is 43.0 Å². The fraction of sp³-hybridized carbons (Fsp3) is 0.419. The second kappa shape index (κ2) is 16.2. The van der Waals surface area contributed by atoms with Gasteiger partial charge in [-0.2, -0.15) is 4.31 Å². The van der Waals surface area contributed by atoms with Gasteiger partial charge in [0.2, 0.25) is 10.0 Å². The van der Waals surface area contributed by atoms with E-state index in [4.69, 9.17) is 25.8 Å². The van der Waals surface area contributed by atoms with Crippen LogP contribution in [0.5, 0.6) is 0 Å². The number of sulfonamides is 2. The first-order chi connectivity index (χ1) is 21.5. The summed E-state index contributed by atoms with van der Waals surface area (Å²) in [5.41, 5.74) is 1.74. The van der Waals surface area contributed by atoms with Gasteiger partial charge in [-0.05, 0) is 72.9 Å². The van der Waals surface area contributed by atoms with Gasteiger partial charge in [0.1, 0.15) is 5.82 Å². The maximum Gasteiger partial charge on any atom is 0.261 e. The van der Waals surface area contributed by atoms with E-state index in [2.05, 4.69) is 9.62 Å². The van der Waals surface area contributed by atoms with Crippen molar-refractivity contribution in [1.29, 1.82) is 0 Å². The molecule has 3 aromatic rings. The van der Waals surface area contributed by atoms with E-state index in [0.717, 1.165) is 4.31 Å². The van der Waals surface area contributed by atoms with Crippen molar-refractivity contribution in [1.82, 2.24) is 4.31 Å². The first-order valence-electron chi connectivity index (χ1n) is 14.6. The van der Waals surface area contributed by atoms with Crippen molar-refractivity contribution in [2.45, 2.75) is 28.6 Å². The Bertz CT molecular complexity index is 1620. The maximum atomic E-state index is 14.5. The molecule has 1 aliphatic heterocycles. The van der Waals surface area contributed by atoms with Crippen LogP contribution in [0.4, 0.5) is 15.8 Å². The molecule has 0 bridgehead atoms. The third kappa shape index (κ3) is 9.38. The number of methoxy groups -OCH3 is 1. The van der Waals surface area contributed by atoms with Crippen LogP contribution in [-0.4, -0.2) is 88.0 Å². The molecule has 0 atom stereocenters. The molecule has 0 radical (unpaired) electrons. The molecule has 0 amide bonds. The van der Waals surface area contributed by atoms with Crippen molar-refractivity contribution in [2.24, 2.45) is 0 Å². The lowest BCUT2D eigenvalue weighted by Crippen LogP contribution is -2.33. The smallest absolute Gasteiger partial charge is 0.261 e. The lowest BCUT2D eigenvalue weighted by Gasteiger charge is -2.35. The summed E-state index contributed by atoms with van der Waals surface area (Å²) >= 11 is 5.91. The number of rotatable bonds is 16. The van der Waals surface area contributed by atoms with Crippen LogP contribution in [-0.2, 0) is 34.3 Å². The molecular weight excluding hydrogens is 645 g/mol. The Kier molecular flexibility index (Phi) is 12.6. The Morgan fingerprint density at radius 1 is 0.889 bits per heavy atom. The highest BCUT2D eigenvalue weighted by Gasteiger charge is 2.26. The summed E-state index contributed by atoms with van der Waals surface area (Å²) in [5.74, 6) is -0.279. The summed E-state index contributed by atoms with van der Waals surface area (Å²) in [7, 11) is -4.88. The van der Waals surface area contributed by atoms with E-state index < -0.39 is 20.0 Å². The minimum atomic E-state index is -4.04. The molecule has 0 aromatic heterocycles. The summed E-state index contributed by atoms with van der Waals surface area (Å²) in [4.78, 5) is 1.96. The molecule has 4 rings (SSSR count). The second-order valence-corrected chi connectivity index (χ2v) is 14.7. The lowest BCUT2D eigenvalue weighted by molar-refractivity contribution is 0.0236. The fourth-order valence-corrected chi connectivity index (χ4v) is 7.44. The second-order valence-electron chi connectivity index (χ2n) is 10.6. The molecule has 3 aromatic carbocycles. The van der Waals surface area contributed by atoms with Crippen LogP contribution in [0.3, 0.4) is 0 Å². The Morgan fingerprint density at radius 3 is 2.18 bits per heavy atom. The largest absolute Gasteiger partial charge is 0.382 e. The van der Waals surface area contributed by atoms with Gasteiger partial charge in [-0.1, -0.05) is 29.8 Å². The number of benzene rings is 3. The van der Waals surface area contributed by atoms with Gasteiger partial charge in [-0.25, -0.2) is 21.2 Å². The van der Waals surface area contributed by atoms with E-state index in [1.807, 2.05) is 12.1 Å². The van der Waals surface area contributed by atoms with Crippen molar-refractivity contribution in [2.75, 3.05) is 76.4 Å². The number of para-hydroxylation sites is 2. The molecule has 10 nitrogen and oxygen atoms in total. The van der Waals surface area contributed by atoms with Gasteiger partial charge in [0.15, 0.2) is 0 Å². The van der Waals surface area contributed by atoms with Crippen molar-refractivity contribution in [3.05, 3.63) is 83.1 Å². The topological polar surface area (TPSA) is 114 Å². The molecule has 1 saturated heterocycles. The van der Waals surface area contributed by atoms with Crippen LogP contribution >= 0.6 is 11.6 Å². The van der Waals surface area contributed by atoms with E-state index in [1.54, 1.807) is 31.4 Å². The SMILES string of the molecule is COCCOCCOCCN(C)S(=O)(=O)c1ccc(S(=O)(=O)Nc2ccccc2N2CCC(c3ccc(Cl)cc3F)CC2)cc1. The van der Waals surface area contributed by atoms with E-state index in [0.29, 0.717) is 74.3 Å². The Balaban J connectivity index is 1.35. The number of ether oxygens (including phenoxy) is 3. The minimum Gasteiger partial charge on any atom is -0.382 e. The summed E-state index contributed by atoms with van der Waals surface area (Å²) in [6.07, 6.45) is 1.39. The monoisotopic (exact) mass is 683 g/mol. The number of nitrogens with one attached hydrogen (secondary N) is 1. The van der Waals surface area contributed by atoms with Crippen LogP contribution in [0.1, 0.15) is 24.3 Å². The highest BCUT2D eigenvalue weighted by Crippen LogP contribution is 2.36. The molecule has 45 heavy (non-hydrogen) atoms. The van der Waals surface area contributed by atoms with Crippen LogP contribution < -0.4 is 9.62 Å². The van der Waals surface area contributed by atoms with Gasteiger partial charge in [-0.3, -0.25) is 4.72 Å². The average Bonchev–Trinajstić information content (AvgIpc) is 3.02. The molecule has 0 saturated carbocycles. The van der Waals surface area contributed by atoms with Gasteiger partial charge in [0.05, 0.1) is 54.2 Å². The van der Waals surface area contributed by atoms with E-state index >= 15 is 0 Å². The summed E-state index contributed by atoms with van der Waals surface area (Å²) in [6.45, 7) is 3.15. The van der Waals surface area contributed by atoms with Crippen LogP contribution in [0.15, 0.2) is 76.5 Å². The molecule has 0 spiro atoms. The number of likely N-dealkylation sites (N-methyl/N-ethyl adjacent to an activating group) is 1. The Labute approximate surface area is 270 Å². The maximum absolute atomic E-state index is 14.5. The third-order valence-corrected chi connectivity index (χ3v) is 11.1. The molecule has 246 valence electrons. The molecule has 14 heteroatoms. The van der Waals surface area contributed by atoms with Crippen LogP contribution in [0.2, 0.25) is 5.02 Å². The van der Waals surface area contributed by atoms with Crippen molar-refractivity contribution in [3.63, 3.8) is 0 Å². The molecule has 0 aliphatic carbocycles. The quantitative estimate of drug-likeness (QED) is 0.211. The van der Waals surface area contributed by atoms with E-state index in [9.17, 15) is 21.2 Å². The first-order valence-corrected chi connectivity index (χ1v) is 17.9. The highest BCUT2D eigenvalue weighted by atomic mass is 35.5. The number of anilines is 2. The van der Waals surface area contributed by atoms with Crippen molar-refractivity contribution in [3.8, 4) is 0 Å². The average molecular weight is 684 g/mol. The van der Waals surface area contributed by atoms with Crippen LogP contribution in [0, 0.1) is 5.82 Å². The standard InChI is InChI=1S/C31H39ClFN3O7S2/c1-35(17-18-42-21-22-43-20-19-41-2)45(39,40)27-10-8-26(9-11-27)44(37,38)34-30-5-3-4-6-31(30)36-15-13-24(14-16-36)28-12-7-25(32)23-29(28)33/h3-12,23-24,34H,13-22H2,1-2H3. The molecular formula is C31H39ClFN3O7S2. The molecule has 0 unspecified atom stereocenters. The highest BCUT2D eigenvalue weighted by molar-refractivity contribution is 7.92. The summed E-state index contributed by atoms with van der Waals surface area (Å²) < 4.78 is 86.7. The molecule has 1 N–H and O–H groups in total. The Morgan fingerprint density at radius 2 is 1.51 bits per heavy atom. The van der Waals surface area contributed by atoms with Gasteiger partial charge < -0.3 is 19.1 Å². The van der Waals surface area contributed by atoms with E-state index in [1.165, 1.54) is 37.4 Å². The number of piperidine rings is 1. The van der Waals surface area contributed by atoms with Crippen LogP contribution in [0.25, 0.3) is 0 Å². The summed E-state index contributed by atoms with van der Waals surface area (Å²) in [6, 6.07) is 16.9. The zero-order chi connectivity index (χ0) is 32.5. The van der Waals surface area contributed by atoms with Gasteiger partial charge in [0, 0.05) is 38.8 Å². The predicted molar refractivity (Wildman–Crippen MR) is 173 cm³/mol. The third-order valence-electron chi connectivity index (χ3n) is 7.58. The number of hydrogen-bond acceptors (Lipinski definition) is 8.